The summed E-state index contributed by atoms with van der Waals surface area (Å²) in [4.78, 5) is 4.64. The van der Waals surface area contributed by atoms with E-state index in [-0.39, 0.29) is 0 Å². The van der Waals surface area contributed by atoms with E-state index in [1.807, 2.05) is 0 Å². The van der Waals surface area contributed by atoms with Gasteiger partial charge in [-0.25, -0.2) is 4.98 Å². The van der Waals surface area contributed by atoms with Crippen LogP contribution in [0.25, 0.3) is 11.0 Å². The molecule has 0 saturated heterocycles. The molecule has 0 spiro atoms. The molecule has 4 heteroatoms. The lowest BCUT2D eigenvalue weighted by Crippen LogP contribution is -2.04. The number of nitrogens with zero attached hydrogens (tertiary/aromatic N) is 2. The first-order chi connectivity index (χ1) is 9.67. The van der Waals surface area contributed by atoms with Crippen LogP contribution in [0.5, 0.6) is 0 Å². The Hall–Kier alpha value is -1.07. The molecule has 3 aromatic rings. The summed E-state index contributed by atoms with van der Waals surface area (Å²) in [6, 6.07) is 14.9. The Balaban J connectivity index is 2.10. The van der Waals surface area contributed by atoms with Crippen molar-refractivity contribution in [2.24, 2.45) is 0 Å². The van der Waals surface area contributed by atoms with Gasteiger partial charge in [-0.2, -0.15) is 0 Å². The first-order valence-corrected chi connectivity index (χ1v) is 8.05. The quantitative estimate of drug-likeness (QED) is 0.462. The normalized spacial score (nSPS) is 11.2. The van der Waals surface area contributed by atoms with Gasteiger partial charge in [-0.3, -0.25) is 0 Å². The van der Waals surface area contributed by atoms with Crippen LogP contribution in [0.15, 0.2) is 42.5 Å². The summed E-state index contributed by atoms with van der Waals surface area (Å²) in [6.45, 7) is 2.92. The molecule has 0 saturated carbocycles. The lowest BCUT2D eigenvalue weighted by molar-refractivity contribution is 0.778. The Morgan fingerprint density at radius 2 is 2.05 bits per heavy atom. The van der Waals surface area contributed by atoms with Crippen molar-refractivity contribution in [2.45, 2.75) is 19.3 Å². The van der Waals surface area contributed by atoms with E-state index in [2.05, 4.69) is 81.5 Å². The third-order valence-corrected chi connectivity index (χ3v) is 4.24. The molecule has 0 unspecified atom stereocenters. The first-order valence-electron chi connectivity index (χ1n) is 6.43. The zero-order valence-corrected chi connectivity index (χ0v) is 14.0. The van der Waals surface area contributed by atoms with Crippen molar-refractivity contribution in [3.05, 3.63) is 63.0 Å². The molecule has 0 aliphatic carbocycles. The predicted octanol–water partition coefficient (Wildman–Crippen LogP) is 4.74. The highest BCUT2D eigenvalue weighted by Crippen LogP contribution is 2.21. The molecule has 1 heterocycles. The highest BCUT2D eigenvalue weighted by molar-refractivity contribution is 14.1. The molecule has 0 bridgehead atoms. The van der Waals surface area contributed by atoms with Crippen LogP contribution in [-0.2, 0) is 12.4 Å². The predicted molar refractivity (Wildman–Crippen MR) is 92.3 cm³/mol. The largest absolute Gasteiger partial charge is 0.322 e. The summed E-state index contributed by atoms with van der Waals surface area (Å²) in [6.07, 6.45) is 0. The summed E-state index contributed by atoms with van der Waals surface area (Å²) in [7, 11) is 0. The first kappa shape index (κ1) is 13.9. The van der Waals surface area contributed by atoms with Gasteiger partial charge in [0.15, 0.2) is 0 Å². The highest BCUT2D eigenvalue weighted by Gasteiger charge is 2.10. The maximum absolute atomic E-state index is 6.06. The summed E-state index contributed by atoms with van der Waals surface area (Å²) in [5.74, 6) is 1.35. The Kier molecular flexibility index (Phi) is 3.98. The molecule has 2 nitrogen and oxygen atoms in total. The maximum Gasteiger partial charge on any atom is 0.125 e. The van der Waals surface area contributed by atoms with E-state index in [0.717, 1.165) is 23.4 Å². The molecule has 0 N–H and O–H groups in total. The van der Waals surface area contributed by atoms with E-state index >= 15 is 0 Å². The molecule has 102 valence electrons. The number of aryl methyl sites for hydroxylation is 1. The van der Waals surface area contributed by atoms with Gasteiger partial charge in [-0.05, 0) is 53.3 Å². The third kappa shape index (κ3) is 2.69. The van der Waals surface area contributed by atoms with Crippen LogP contribution in [-0.4, -0.2) is 9.55 Å². The summed E-state index contributed by atoms with van der Waals surface area (Å²) in [5.41, 5.74) is 4.70. The van der Waals surface area contributed by atoms with E-state index in [1.165, 1.54) is 14.7 Å². The molecule has 3 rings (SSSR count). The summed E-state index contributed by atoms with van der Waals surface area (Å²) < 4.78 is 3.39. The number of fused-ring (bicyclic) bond motifs is 1. The Morgan fingerprint density at radius 1 is 1.20 bits per heavy atom. The molecule has 0 aliphatic rings. The van der Waals surface area contributed by atoms with E-state index in [1.54, 1.807) is 0 Å². The maximum atomic E-state index is 6.06. The van der Waals surface area contributed by atoms with Gasteiger partial charge < -0.3 is 4.57 Å². The van der Waals surface area contributed by atoms with Crippen LogP contribution >= 0.6 is 34.2 Å². The molecule has 0 aliphatic heterocycles. The molecule has 0 atom stereocenters. The molecule has 20 heavy (non-hydrogen) atoms. The number of hydrogen-bond acceptors (Lipinski definition) is 1. The fourth-order valence-electron chi connectivity index (χ4n) is 2.42. The van der Waals surface area contributed by atoms with Gasteiger partial charge in [-0.1, -0.05) is 29.8 Å². The van der Waals surface area contributed by atoms with Gasteiger partial charge in [0.05, 0.1) is 16.9 Å². The lowest BCUT2D eigenvalue weighted by atomic mass is 10.1. The SMILES string of the molecule is Cc1cccc(Cn2c(CCl)nc3cc(I)ccc32)c1. The number of halogens is 2. The van der Waals surface area contributed by atoms with E-state index in [9.17, 15) is 0 Å². The van der Waals surface area contributed by atoms with Crippen molar-refractivity contribution < 1.29 is 0 Å². The van der Waals surface area contributed by atoms with Crippen LogP contribution in [0, 0.1) is 10.5 Å². The number of imidazole rings is 1. The van der Waals surface area contributed by atoms with Crippen LogP contribution in [0.4, 0.5) is 0 Å². The van der Waals surface area contributed by atoms with E-state index in [0.29, 0.717) is 5.88 Å². The van der Waals surface area contributed by atoms with Crippen molar-refractivity contribution in [3.63, 3.8) is 0 Å². The minimum Gasteiger partial charge on any atom is -0.322 e. The minimum atomic E-state index is 0.428. The van der Waals surface area contributed by atoms with Gasteiger partial charge in [-0.15, -0.1) is 11.6 Å². The Morgan fingerprint density at radius 3 is 2.80 bits per heavy atom. The number of hydrogen-bond donors (Lipinski definition) is 0. The van der Waals surface area contributed by atoms with Crippen molar-refractivity contribution >= 4 is 45.2 Å². The highest BCUT2D eigenvalue weighted by atomic mass is 127. The Bertz CT molecular complexity index is 764. The zero-order chi connectivity index (χ0) is 14.1. The molecule has 1 aromatic heterocycles. The Labute approximate surface area is 136 Å². The standard InChI is InChI=1S/C16H14ClIN2/c1-11-3-2-4-12(7-11)10-20-15-6-5-13(18)8-14(15)19-16(20)9-17/h2-8H,9-10H2,1H3. The van der Waals surface area contributed by atoms with Crippen LogP contribution in [0.2, 0.25) is 0 Å². The van der Waals surface area contributed by atoms with Crippen LogP contribution in [0.1, 0.15) is 17.0 Å². The van der Waals surface area contributed by atoms with Gasteiger partial charge in [0.25, 0.3) is 0 Å². The van der Waals surface area contributed by atoms with Gasteiger partial charge in [0, 0.05) is 10.1 Å². The molecule has 0 radical (unpaired) electrons. The lowest BCUT2D eigenvalue weighted by Gasteiger charge is -2.08. The second kappa shape index (κ2) is 5.74. The smallest absolute Gasteiger partial charge is 0.125 e. The number of alkyl halides is 1. The number of rotatable bonds is 3. The zero-order valence-electron chi connectivity index (χ0n) is 11.1. The molecule has 0 fully saturated rings. The third-order valence-electron chi connectivity index (χ3n) is 3.33. The average molecular weight is 397 g/mol. The fraction of sp³-hybridized carbons (Fsp3) is 0.188. The van der Waals surface area contributed by atoms with Crippen molar-refractivity contribution in [1.82, 2.24) is 9.55 Å². The minimum absolute atomic E-state index is 0.428. The van der Waals surface area contributed by atoms with E-state index < -0.39 is 0 Å². The molecular weight excluding hydrogens is 383 g/mol. The fourth-order valence-corrected chi connectivity index (χ4v) is 3.10. The van der Waals surface area contributed by atoms with Crippen molar-refractivity contribution in [3.8, 4) is 0 Å². The van der Waals surface area contributed by atoms with Crippen LogP contribution < -0.4 is 0 Å². The van der Waals surface area contributed by atoms with Gasteiger partial charge >= 0.3 is 0 Å². The van der Waals surface area contributed by atoms with Gasteiger partial charge in [0.2, 0.25) is 0 Å². The van der Waals surface area contributed by atoms with Gasteiger partial charge in [0.1, 0.15) is 5.82 Å². The molecule has 0 amide bonds. The second-order valence-electron chi connectivity index (χ2n) is 4.87. The average Bonchev–Trinajstić information content (AvgIpc) is 2.76. The van der Waals surface area contributed by atoms with Crippen molar-refractivity contribution in [1.29, 1.82) is 0 Å². The summed E-state index contributed by atoms with van der Waals surface area (Å²) >= 11 is 8.36. The molecular formula is C16H14ClIN2. The monoisotopic (exact) mass is 396 g/mol. The number of benzene rings is 2. The topological polar surface area (TPSA) is 17.8 Å². The van der Waals surface area contributed by atoms with Crippen LogP contribution in [0.3, 0.4) is 0 Å². The number of aromatic nitrogens is 2. The molecule has 2 aromatic carbocycles. The second-order valence-corrected chi connectivity index (χ2v) is 6.38. The summed E-state index contributed by atoms with van der Waals surface area (Å²) in [5, 5.41) is 0. The van der Waals surface area contributed by atoms with E-state index in [4.69, 9.17) is 11.6 Å². The van der Waals surface area contributed by atoms with Crippen molar-refractivity contribution in [2.75, 3.05) is 0 Å².